The molecule has 0 unspecified atom stereocenters. The molecule has 0 aliphatic rings. The predicted octanol–water partition coefficient (Wildman–Crippen LogP) is 5.25. The fourth-order valence-electron chi connectivity index (χ4n) is 1.89. The highest BCUT2D eigenvalue weighted by Gasteiger charge is 2.23. The lowest BCUT2D eigenvalue weighted by molar-refractivity contribution is 0.419. The van der Waals surface area contributed by atoms with Gasteiger partial charge in [0.1, 0.15) is 0 Å². The van der Waals surface area contributed by atoms with Gasteiger partial charge in [-0.15, -0.1) is 0 Å². The Morgan fingerprint density at radius 1 is 1.05 bits per heavy atom. The Balaban J connectivity index is 2.27. The molecule has 1 aromatic carbocycles. The van der Waals surface area contributed by atoms with E-state index < -0.39 is 0 Å². The molecule has 0 saturated carbocycles. The first kappa shape index (κ1) is 13.5. The molecule has 3 aromatic rings. The monoisotopic (exact) mass is 372 g/mol. The molecule has 0 amide bonds. The van der Waals surface area contributed by atoms with Crippen molar-refractivity contribution in [1.82, 2.24) is 5.16 Å². The zero-order valence-corrected chi connectivity index (χ0v) is 13.0. The van der Waals surface area contributed by atoms with E-state index in [-0.39, 0.29) is 5.82 Å². The van der Waals surface area contributed by atoms with Gasteiger partial charge >= 0.3 is 0 Å². The van der Waals surface area contributed by atoms with Crippen LogP contribution in [0.15, 0.2) is 43.9 Å². The number of rotatable bonds is 2. The summed E-state index contributed by atoms with van der Waals surface area (Å²) in [5.74, 6) is 1.05. The summed E-state index contributed by atoms with van der Waals surface area (Å²) < 4.78 is 11.3. The summed E-state index contributed by atoms with van der Waals surface area (Å²) in [6, 6.07) is 8.67. The van der Waals surface area contributed by atoms with Gasteiger partial charge in [0.05, 0.1) is 15.6 Å². The van der Waals surface area contributed by atoms with Crippen LogP contribution in [-0.4, -0.2) is 5.16 Å². The topological polar surface area (TPSA) is 65.2 Å². The standard InChI is InChI=1S/C13H7BrCl2N2O2/c14-9-5-4-8(19-9)12-11(13(17)18-20-12)10-6(15)2-1-3-7(10)16/h1-5H,(H2,17,18). The lowest BCUT2D eigenvalue weighted by Crippen LogP contribution is -1.90. The number of furan rings is 1. The molecule has 3 rings (SSSR count). The summed E-state index contributed by atoms with van der Waals surface area (Å²) in [4.78, 5) is 0. The normalized spacial score (nSPS) is 10.9. The van der Waals surface area contributed by atoms with Gasteiger partial charge < -0.3 is 14.7 Å². The first-order valence-corrected chi connectivity index (χ1v) is 7.08. The highest BCUT2D eigenvalue weighted by molar-refractivity contribution is 9.10. The molecule has 0 radical (unpaired) electrons. The van der Waals surface area contributed by atoms with Gasteiger partial charge in [-0.2, -0.15) is 0 Å². The van der Waals surface area contributed by atoms with Crippen LogP contribution in [0.4, 0.5) is 5.82 Å². The van der Waals surface area contributed by atoms with Crippen molar-refractivity contribution in [2.24, 2.45) is 0 Å². The summed E-state index contributed by atoms with van der Waals surface area (Å²) in [6.07, 6.45) is 0. The van der Waals surface area contributed by atoms with E-state index in [1.165, 1.54) is 0 Å². The quantitative estimate of drug-likeness (QED) is 0.665. The maximum atomic E-state index is 6.21. The van der Waals surface area contributed by atoms with Crippen LogP contribution >= 0.6 is 39.1 Å². The molecule has 0 atom stereocenters. The van der Waals surface area contributed by atoms with Crippen molar-refractivity contribution in [3.8, 4) is 22.6 Å². The first-order valence-electron chi connectivity index (χ1n) is 5.53. The summed E-state index contributed by atoms with van der Waals surface area (Å²) in [7, 11) is 0. The number of anilines is 1. The van der Waals surface area contributed by atoms with Crippen LogP contribution in [0.3, 0.4) is 0 Å². The number of nitrogen functional groups attached to an aromatic ring is 1. The molecule has 4 nitrogen and oxygen atoms in total. The van der Waals surface area contributed by atoms with Gasteiger partial charge in [-0.25, -0.2) is 0 Å². The number of nitrogens with zero attached hydrogens (tertiary/aromatic N) is 1. The van der Waals surface area contributed by atoms with E-state index in [0.29, 0.717) is 37.4 Å². The Morgan fingerprint density at radius 3 is 2.35 bits per heavy atom. The Morgan fingerprint density at radius 2 is 1.75 bits per heavy atom. The highest BCUT2D eigenvalue weighted by atomic mass is 79.9. The lowest BCUT2D eigenvalue weighted by atomic mass is 10.0. The maximum Gasteiger partial charge on any atom is 0.212 e. The molecule has 0 saturated heterocycles. The molecule has 0 spiro atoms. The van der Waals surface area contributed by atoms with Gasteiger partial charge in [-0.3, -0.25) is 0 Å². The van der Waals surface area contributed by atoms with E-state index in [0.717, 1.165) is 0 Å². The second kappa shape index (κ2) is 5.16. The number of aromatic nitrogens is 1. The second-order valence-corrected chi connectivity index (χ2v) is 5.57. The molecule has 2 heterocycles. The Kier molecular flexibility index (Phi) is 3.50. The largest absolute Gasteiger partial charge is 0.446 e. The lowest BCUT2D eigenvalue weighted by Gasteiger charge is -2.06. The minimum Gasteiger partial charge on any atom is -0.446 e. The average Bonchev–Trinajstić information content (AvgIpc) is 2.97. The van der Waals surface area contributed by atoms with Gasteiger partial charge in [-0.05, 0) is 40.2 Å². The molecule has 0 aliphatic carbocycles. The minimum absolute atomic E-state index is 0.197. The number of hydrogen-bond acceptors (Lipinski definition) is 4. The fourth-order valence-corrected chi connectivity index (χ4v) is 2.78. The fraction of sp³-hybridized carbons (Fsp3) is 0. The molecule has 2 aromatic heterocycles. The molecule has 0 aliphatic heterocycles. The molecule has 20 heavy (non-hydrogen) atoms. The van der Waals surface area contributed by atoms with E-state index in [2.05, 4.69) is 21.1 Å². The first-order chi connectivity index (χ1) is 9.58. The van der Waals surface area contributed by atoms with E-state index >= 15 is 0 Å². The third-order valence-electron chi connectivity index (χ3n) is 2.73. The zero-order valence-electron chi connectivity index (χ0n) is 9.86. The molecule has 2 N–H and O–H groups in total. The Hall–Kier alpha value is -1.43. The Labute approximate surface area is 132 Å². The van der Waals surface area contributed by atoms with Crippen LogP contribution in [0.5, 0.6) is 0 Å². The van der Waals surface area contributed by atoms with Gasteiger partial charge in [-0.1, -0.05) is 34.4 Å². The van der Waals surface area contributed by atoms with Crippen LogP contribution in [0.1, 0.15) is 0 Å². The maximum absolute atomic E-state index is 6.21. The van der Waals surface area contributed by atoms with Gasteiger partial charge in [0.2, 0.25) is 5.76 Å². The third kappa shape index (κ3) is 2.22. The van der Waals surface area contributed by atoms with Crippen LogP contribution < -0.4 is 5.73 Å². The molecular weight excluding hydrogens is 367 g/mol. The smallest absolute Gasteiger partial charge is 0.212 e. The molecule has 0 fully saturated rings. The second-order valence-electron chi connectivity index (χ2n) is 3.97. The van der Waals surface area contributed by atoms with Crippen molar-refractivity contribution < 1.29 is 8.94 Å². The highest BCUT2D eigenvalue weighted by Crippen LogP contribution is 2.43. The summed E-state index contributed by atoms with van der Waals surface area (Å²) >= 11 is 15.7. The van der Waals surface area contributed by atoms with Crippen molar-refractivity contribution >= 4 is 44.9 Å². The van der Waals surface area contributed by atoms with E-state index in [1.807, 2.05) is 0 Å². The zero-order chi connectivity index (χ0) is 14.3. The Bertz CT molecular complexity index is 762. The molecule has 102 valence electrons. The van der Waals surface area contributed by atoms with Crippen LogP contribution in [0.25, 0.3) is 22.6 Å². The SMILES string of the molecule is Nc1noc(-c2ccc(Br)o2)c1-c1c(Cl)cccc1Cl. The molecular formula is C13H7BrCl2N2O2. The van der Waals surface area contributed by atoms with Gasteiger partial charge in [0.15, 0.2) is 16.2 Å². The van der Waals surface area contributed by atoms with Crippen LogP contribution in [-0.2, 0) is 0 Å². The number of hydrogen-bond donors (Lipinski definition) is 1. The van der Waals surface area contributed by atoms with Gasteiger partial charge in [0.25, 0.3) is 0 Å². The number of nitrogens with two attached hydrogens (primary N) is 1. The molecule has 0 bridgehead atoms. The number of halogens is 3. The number of benzene rings is 1. The van der Waals surface area contributed by atoms with Gasteiger partial charge in [0, 0.05) is 5.56 Å². The van der Waals surface area contributed by atoms with Crippen molar-refractivity contribution in [3.63, 3.8) is 0 Å². The minimum atomic E-state index is 0.197. The van der Waals surface area contributed by atoms with Crippen molar-refractivity contribution in [1.29, 1.82) is 0 Å². The van der Waals surface area contributed by atoms with Crippen LogP contribution in [0.2, 0.25) is 10.0 Å². The summed E-state index contributed by atoms with van der Waals surface area (Å²) in [5, 5.41) is 4.69. The molecule has 7 heteroatoms. The summed E-state index contributed by atoms with van der Waals surface area (Å²) in [6.45, 7) is 0. The van der Waals surface area contributed by atoms with Crippen molar-refractivity contribution in [2.45, 2.75) is 0 Å². The van der Waals surface area contributed by atoms with E-state index in [9.17, 15) is 0 Å². The predicted molar refractivity (Wildman–Crippen MR) is 81.8 cm³/mol. The van der Waals surface area contributed by atoms with Crippen molar-refractivity contribution in [3.05, 3.63) is 45.0 Å². The van der Waals surface area contributed by atoms with E-state index in [4.69, 9.17) is 37.9 Å². The van der Waals surface area contributed by atoms with Crippen LogP contribution in [0, 0.1) is 0 Å². The third-order valence-corrected chi connectivity index (χ3v) is 3.78. The average molecular weight is 374 g/mol. The van der Waals surface area contributed by atoms with E-state index in [1.54, 1.807) is 30.3 Å². The van der Waals surface area contributed by atoms with Crippen molar-refractivity contribution in [2.75, 3.05) is 5.73 Å². The summed E-state index contributed by atoms with van der Waals surface area (Å²) in [5.41, 5.74) is 6.96.